The second kappa shape index (κ2) is 4.45. The van der Waals surface area contributed by atoms with E-state index >= 15 is 0 Å². The Morgan fingerprint density at radius 3 is 2.81 bits per heavy atom. The van der Waals surface area contributed by atoms with Crippen molar-refractivity contribution in [2.45, 2.75) is 6.92 Å². The van der Waals surface area contributed by atoms with Crippen molar-refractivity contribution in [1.29, 1.82) is 5.26 Å². The fraction of sp³-hybridized carbons (Fsp3) is 0.0769. The number of hydrogen-bond acceptors (Lipinski definition) is 3. The molecule has 0 atom stereocenters. The number of aryl methyl sites for hydroxylation is 1. The topological polar surface area (TPSA) is 45.9 Å². The highest BCUT2D eigenvalue weighted by atomic mass is 16.5. The number of rotatable bonds is 2. The third-order valence-electron chi connectivity index (χ3n) is 2.17. The number of aromatic nitrogens is 1. The van der Waals surface area contributed by atoms with E-state index in [0.29, 0.717) is 11.3 Å². The Morgan fingerprint density at radius 1 is 1.31 bits per heavy atom. The van der Waals surface area contributed by atoms with Crippen molar-refractivity contribution in [2.75, 3.05) is 0 Å². The van der Waals surface area contributed by atoms with Gasteiger partial charge >= 0.3 is 0 Å². The minimum Gasteiger partial charge on any atom is -0.455 e. The summed E-state index contributed by atoms with van der Waals surface area (Å²) in [6.07, 6.45) is 3.34. The van der Waals surface area contributed by atoms with Crippen LogP contribution in [0.15, 0.2) is 42.7 Å². The summed E-state index contributed by atoms with van der Waals surface area (Å²) in [5.41, 5.74) is 1.57. The molecule has 0 saturated heterocycles. The molecule has 0 aliphatic carbocycles. The molecule has 0 spiro atoms. The summed E-state index contributed by atoms with van der Waals surface area (Å²) in [5, 5.41) is 8.74. The molecule has 1 aromatic carbocycles. The quantitative estimate of drug-likeness (QED) is 0.765. The normalized spacial score (nSPS) is 9.50. The van der Waals surface area contributed by atoms with Crippen LogP contribution in [0.1, 0.15) is 11.1 Å². The molecule has 0 aliphatic rings. The van der Waals surface area contributed by atoms with Crippen LogP contribution in [0.2, 0.25) is 0 Å². The molecule has 0 unspecified atom stereocenters. The van der Waals surface area contributed by atoms with Crippen LogP contribution in [0, 0.1) is 18.3 Å². The third kappa shape index (κ3) is 2.18. The Kier molecular flexibility index (Phi) is 2.84. The molecule has 0 saturated carbocycles. The summed E-state index contributed by atoms with van der Waals surface area (Å²) in [6, 6.07) is 11.1. The van der Waals surface area contributed by atoms with E-state index in [0.717, 1.165) is 11.3 Å². The average Bonchev–Trinajstić information content (AvgIpc) is 2.33. The van der Waals surface area contributed by atoms with Gasteiger partial charge in [-0.05, 0) is 42.8 Å². The van der Waals surface area contributed by atoms with Gasteiger partial charge in [-0.2, -0.15) is 5.26 Å². The Morgan fingerprint density at radius 2 is 2.19 bits per heavy atom. The Hall–Kier alpha value is -2.34. The molecule has 0 bridgehead atoms. The van der Waals surface area contributed by atoms with Crippen molar-refractivity contribution >= 4 is 0 Å². The summed E-state index contributed by atoms with van der Waals surface area (Å²) in [5.74, 6) is 1.43. The van der Waals surface area contributed by atoms with Gasteiger partial charge in [0.15, 0.2) is 0 Å². The van der Waals surface area contributed by atoms with E-state index < -0.39 is 0 Å². The largest absolute Gasteiger partial charge is 0.455 e. The first-order valence-electron chi connectivity index (χ1n) is 4.88. The lowest BCUT2D eigenvalue weighted by Gasteiger charge is -2.07. The van der Waals surface area contributed by atoms with Gasteiger partial charge in [-0.15, -0.1) is 0 Å². The Labute approximate surface area is 93.9 Å². The molecular weight excluding hydrogens is 200 g/mol. The highest BCUT2D eigenvalue weighted by Gasteiger charge is 2.02. The first-order valence-corrected chi connectivity index (χ1v) is 4.88. The van der Waals surface area contributed by atoms with Crippen LogP contribution in [0.5, 0.6) is 11.5 Å². The number of nitrogens with zero attached hydrogens (tertiary/aromatic N) is 2. The lowest BCUT2D eigenvalue weighted by Crippen LogP contribution is -1.88. The summed E-state index contributed by atoms with van der Waals surface area (Å²) >= 11 is 0. The van der Waals surface area contributed by atoms with E-state index in [2.05, 4.69) is 11.1 Å². The maximum Gasteiger partial charge on any atom is 0.145 e. The molecule has 78 valence electrons. The van der Waals surface area contributed by atoms with Crippen LogP contribution < -0.4 is 4.74 Å². The second-order valence-electron chi connectivity index (χ2n) is 3.38. The van der Waals surface area contributed by atoms with E-state index in [1.165, 1.54) is 0 Å². The zero-order valence-corrected chi connectivity index (χ0v) is 8.84. The van der Waals surface area contributed by atoms with Crippen LogP contribution in [-0.4, -0.2) is 4.98 Å². The van der Waals surface area contributed by atoms with E-state index in [4.69, 9.17) is 10.00 Å². The minimum atomic E-state index is 0.635. The van der Waals surface area contributed by atoms with Gasteiger partial charge in [0.1, 0.15) is 11.5 Å². The van der Waals surface area contributed by atoms with Crippen LogP contribution in [-0.2, 0) is 0 Å². The van der Waals surface area contributed by atoms with E-state index in [1.54, 1.807) is 30.6 Å². The molecule has 3 heteroatoms. The smallest absolute Gasteiger partial charge is 0.145 e. The van der Waals surface area contributed by atoms with Gasteiger partial charge in [-0.1, -0.05) is 0 Å². The first kappa shape index (κ1) is 10.2. The number of ether oxygens (including phenoxy) is 1. The van der Waals surface area contributed by atoms with Gasteiger partial charge in [-0.3, -0.25) is 4.98 Å². The predicted molar refractivity (Wildman–Crippen MR) is 60.2 cm³/mol. The van der Waals surface area contributed by atoms with Crippen molar-refractivity contribution in [3.63, 3.8) is 0 Å². The number of benzene rings is 1. The monoisotopic (exact) mass is 210 g/mol. The summed E-state index contributed by atoms with van der Waals surface area (Å²) < 4.78 is 5.64. The molecule has 0 fully saturated rings. The van der Waals surface area contributed by atoms with Crippen molar-refractivity contribution < 1.29 is 4.74 Å². The lowest BCUT2D eigenvalue weighted by molar-refractivity contribution is 0.476. The molecule has 0 amide bonds. The van der Waals surface area contributed by atoms with E-state index in [1.807, 2.05) is 19.1 Å². The fourth-order valence-corrected chi connectivity index (χ4v) is 1.37. The predicted octanol–water partition coefficient (Wildman–Crippen LogP) is 3.05. The maximum atomic E-state index is 8.74. The van der Waals surface area contributed by atoms with Crippen LogP contribution in [0.4, 0.5) is 0 Å². The maximum absolute atomic E-state index is 8.74. The molecular formula is C13H10N2O. The fourth-order valence-electron chi connectivity index (χ4n) is 1.37. The summed E-state index contributed by atoms with van der Waals surface area (Å²) in [7, 11) is 0. The Balaban J connectivity index is 2.27. The minimum absolute atomic E-state index is 0.635. The number of nitriles is 1. The SMILES string of the molecule is Cc1cc(C#N)ccc1Oc1cccnc1. The molecule has 3 nitrogen and oxygen atoms in total. The molecule has 0 N–H and O–H groups in total. The second-order valence-corrected chi connectivity index (χ2v) is 3.38. The number of pyridine rings is 1. The van der Waals surface area contributed by atoms with Crippen molar-refractivity contribution in [2.24, 2.45) is 0 Å². The van der Waals surface area contributed by atoms with Gasteiger partial charge in [0.05, 0.1) is 17.8 Å². The van der Waals surface area contributed by atoms with Crippen molar-refractivity contribution in [1.82, 2.24) is 4.98 Å². The molecule has 0 aliphatic heterocycles. The van der Waals surface area contributed by atoms with Gasteiger partial charge in [-0.25, -0.2) is 0 Å². The van der Waals surface area contributed by atoms with Gasteiger partial charge in [0.2, 0.25) is 0 Å². The van der Waals surface area contributed by atoms with Gasteiger partial charge in [0.25, 0.3) is 0 Å². The van der Waals surface area contributed by atoms with Crippen molar-refractivity contribution in [3.8, 4) is 17.6 Å². The first-order chi connectivity index (χ1) is 7.79. The molecule has 2 aromatic rings. The van der Waals surface area contributed by atoms with Gasteiger partial charge in [0, 0.05) is 6.20 Å². The zero-order chi connectivity index (χ0) is 11.4. The standard InChI is InChI=1S/C13H10N2O/c1-10-7-11(8-14)4-5-13(10)16-12-3-2-6-15-9-12/h2-7,9H,1H3. The Bertz CT molecular complexity index is 529. The highest BCUT2D eigenvalue weighted by Crippen LogP contribution is 2.24. The van der Waals surface area contributed by atoms with E-state index in [-0.39, 0.29) is 0 Å². The van der Waals surface area contributed by atoms with Crippen molar-refractivity contribution in [3.05, 3.63) is 53.9 Å². The van der Waals surface area contributed by atoms with Crippen LogP contribution in [0.3, 0.4) is 0 Å². The molecule has 16 heavy (non-hydrogen) atoms. The summed E-state index contributed by atoms with van der Waals surface area (Å²) in [6.45, 7) is 1.91. The van der Waals surface area contributed by atoms with Crippen LogP contribution in [0.25, 0.3) is 0 Å². The summed E-state index contributed by atoms with van der Waals surface area (Å²) in [4.78, 5) is 3.97. The highest BCUT2D eigenvalue weighted by molar-refractivity contribution is 5.42. The molecule has 0 radical (unpaired) electrons. The molecule has 1 heterocycles. The van der Waals surface area contributed by atoms with Gasteiger partial charge < -0.3 is 4.74 Å². The molecule has 2 rings (SSSR count). The zero-order valence-electron chi connectivity index (χ0n) is 8.84. The third-order valence-corrected chi connectivity index (χ3v) is 2.17. The lowest BCUT2D eigenvalue weighted by atomic mass is 10.1. The van der Waals surface area contributed by atoms with E-state index in [9.17, 15) is 0 Å². The van der Waals surface area contributed by atoms with Crippen LogP contribution >= 0.6 is 0 Å². The number of hydrogen-bond donors (Lipinski definition) is 0. The molecule has 1 aromatic heterocycles. The average molecular weight is 210 g/mol.